The minimum atomic E-state index is 0.354. The van der Waals surface area contributed by atoms with Gasteiger partial charge in [0, 0.05) is 12.0 Å². The lowest BCUT2D eigenvalue weighted by Crippen LogP contribution is -2.51. The molecule has 1 aliphatic rings. The highest BCUT2D eigenvalue weighted by Gasteiger charge is 2.40. The summed E-state index contributed by atoms with van der Waals surface area (Å²) < 4.78 is 5.65. The van der Waals surface area contributed by atoms with Crippen molar-refractivity contribution in [2.75, 3.05) is 26.9 Å². The van der Waals surface area contributed by atoms with Gasteiger partial charge in [0.2, 0.25) is 0 Å². The molecule has 13 heavy (non-hydrogen) atoms. The molecule has 0 bridgehead atoms. The number of nitrogens with zero attached hydrogens (tertiary/aromatic N) is 1. The summed E-state index contributed by atoms with van der Waals surface area (Å²) in [6, 6.07) is 0. The number of ether oxygens (including phenoxy) is 1. The second-order valence-corrected chi connectivity index (χ2v) is 5.03. The van der Waals surface area contributed by atoms with Crippen LogP contribution in [0.5, 0.6) is 0 Å². The Morgan fingerprint density at radius 2 is 1.69 bits per heavy atom. The predicted octanol–water partition coefficient (Wildman–Crippen LogP) is 2.20. The summed E-state index contributed by atoms with van der Waals surface area (Å²) in [5, 5.41) is 0. The molecule has 0 aromatic rings. The molecule has 1 aliphatic heterocycles. The van der Waals surface area contributed by atoms with Crippen LogP contribution >= 0.6 is 0 Å². The summed E-state index contributed by atoms with van der Waals surface area (Å²) in [5.41, 5.74) is 0.354. The van der Waals surface area contributed by atoms with Gasteiger partial charge in [0.05, 0.1) is 13.3 Å². The summed E-state index contributed by atoms with van der Waals surface area (Å²) in [5.74, 6) is 1.38. The van der Waals surface area contributed by atoms with Crippen LogP contribution < -0.4 is 0 Å². The van der Waals surface area contributed by atoms with Crippen molar-refractivity contribution in [3.8, 4) is 0 Å². The molecule has 2 nitrogen and oxygen atoms in total. The SMILES string of the molecule is CC(C)C1(C(C)C)COCN(C)C1. The summed E-state index contributed by atoms with van der Waals surface area (Å²) in [7, 11) is 2.14. The zero-order chi connectivity index (χ0) is 10.1. The van der Waals surface area contributed by atoms with Gasteiger partial charge in [0.15, 0.2) is 0 Å². The van der Waals surface area contributed by atoms with Crippen molar-refractivity contribution in [3.05, 3.63) is 0 Å². The standard InChI is InChI=1S/C11H23NO/c1-9(2)11(10(3)4)6-12(5)8-13-7-11/h9-10H,6-8H2,1-5H3. The van der Waals surface area contributed by atoms with E-state index in [2.05, 4.69) is 39.6 Å². The molecular weight excluding hydrogens is 162 g/mol. The number of hydrogen-bond acceptors (Lipinski definition) is 2. The van der Waals surface area contributed by atoms with E-state index in [-0.39, 0.29) is 0 Å². The monoisotopic (exact) mass is 185 g/mol. The van der Waals surface area contributed by atoms with Crippen LogP contribution in [0, 0.1) is 17.3 Å². The first kappa shape index (κ1) is 11.0. The van der Waals surface area contributed by atoms with Gasteiger partial charge in [-0.05, 0) is 18.9 Å². The molecule has 1 saturated heterocycles. The van der Waals surface area contributed by atoms with Gasteiger partial charge < -0.3 is 4.74 Å². The molecule has 0 amide bonds. The molecule has 1 fully saturated rings. The van der Waals surface area contributed by atoms with E-state index in [0.717, 1.165) is 13.3 Å². The molecule has 0 aliphatic carbocycles. The average molecular weight is 185 g/mol. The quantitative estimate of drug-likeness (QED) is 0.654. The molecular formula is C11H23NO. The predicted molar refractivity (Wildman–Crippen MR) is 55.6 cm³/mol. The molecule has 0 atom stereocenters. The third-order valence-corrected chi connectivity index (χ3v) is 3.55. The van der Waals surface area contributed by atoms with Gasteiger partial charge in [0.25, 0.3) is 0 Å². The summed E-state index contributed by atoms with van der Waals surface area (Å²) in [6.45, 7) is 12.1. The Morgan fingerprint density at radius 1 is 1.15 bits per heavy atom. The van der Waals surface area contributed by atoms with Crippen LogP contribution in [0.1, 0.15) is 27.7 Å². The fourth-order valence-corrected chi connectivity index (χ4v) is 2.35. The van der Waals surface area contributed by atoms with Gasteiger partial charge in [-0.3, -0.25) is 4.90 Å². The van der Waals surface area contributed by atoms with Crippen molar-refractivity contribution >= 4 is 0 Å². The van der Waals surface area contributed by atoms with Crippen LogP contribution in [0.3, 0.4) is 0 Å². The van der Waals surface area contributed by atoms with Crippen LogP contribution in [0.4, 0.5) is 0 Å². The average Bonchev–Trinajstić information content (AvgIpc) is 2.03. The Kier molecular flexibility index (Phi) is 3.36. The smallest absolute Gasteiger partial charge is 0.0988 e. The zero-order valence-electron chi connectivity index (χ0n) is 9.63. The van der Waals surface area contributed by atoms with E-state index in [1.54, 1.807) is 0 Å². The molecule has 0 saturated carbocycles. The highest BCUT2D eigenvalue weighted by molar-refractivity contribution is 4.89. The lowest BCUT2D eigenvalue weighted by Gasteiger charge is -2.47. The van der Waals surface area contributed by atoms with Crippen molar-refractivity contribution in [3.63, 3.8) is 0 Å². The number of hydrogen-bond donors (Lipinski definition) is 0. The zero-order valence-corrected chi connectivity index (χ0v) is 9.63. The molecule has 78 valence electrons. The van der Waals surface area contributed by atoms with E-state index in [9.17, 15) is 0 Å². The van der Waals surface area contributed by atoms with E-state index < -0.39 is 0 Å². The molecule has 0 radical (unpaired) electrons. The third-order valence-electron chi connectivity index (χ3n) is 3.55. The fourth-order valence-electron chi connectivity index (χ4n) is 2.35. The van der Waals surface area contributed by atoms with Gasteiger partial charge in [-0.25, -0.2) is 0 Å². The highest BCUT2D eigenvalue weighted by Crippen LogP contribution is 2.38. The van der Waals surface area contributed by atoms with Crippen LogP contribution in [-0.2, 0) is 4.74 Å². The summed E-state index contributed by atoms with van der Waals surface area (Å²) >= 11 is 0. The first-order valence-electron chi connectivity index (χ1n) is 5.25. The number of rotatable bonds is 2. The topological polar surface area (TPSA) is 12.5 Å². The van der Waals surface area contributed by atoms with E-state index in [1.807, 2.05) is 0 Å². The largest absolute Gasteiger partial charge is 0.365 e. The molecule has 0 N–H and O–H groups in total. The Hall–Kier alpha value is -0.0800. The maximum Gasteiger partial charge on any atom is 0.0988 e. The second kappa shape index (κ2) is 3.97. The van der Waals surface area contributed by atoms with Crippen molar-refractivity contribution < 1.29 is 4.74 Å². The Morgan fingerprint density at radius 3 is 2.00 bits per heavy atom. The van der Waals surface area contributed by atoms with E-state index in [4.69, 9.17) is 4.74 Å². The Labute approximate surface area is 82.3 Å². The van der Waals surface area contributed by atoms with Crippen LogP contribution in [0.2, 0.25) is 0 Å². The van der Waals surface area contributed by atoms with Gasteiger partial charge in [0.1, 0.15) is 0 Å². The maximum absolute atomic E-state index is 5.65. The Bertz CT molecular complexity index is 157. The summed E-state index contributed by atoms with van der Waals surface area (Å²) in [4.78, 5) is 2.28. The molecule has 0 aromatic heterocycles. The van der Waals surface area contributed by atoms with Crippen molar-refractivity contribution in [2.45, 2.75) is 27.7 Å². The lowest BCUT2D eigenvalue weighted by atomic mass is 9.69. The Balaban J connectivity index is 2.77. The minimum Gasteiger partial charge on any atom is -0.365 e. The van der Waals surface area contributed by atoms with E-state index in [1.165, 1.54) is 6.54 Å². The van der Waals surface area contributed by atoms with Crippen molar-refractivity contribution in [1.29, 1.82) is 0 Å². The van der Waals surface area contributed by atoms with E-state index >= 15 is 0 Å². The molecule has 1 heterocycles. The van der Waals surface area contributed by atoms with Crippen molar-refractivity contribution in [2.24, 2.45) is 17.3 Å². The molecule has 1 rings (SSSR count). The van der Waals surface area contributed by atoms with Crippen LogP contribution in [0.15, 0.2) is 0 Å². The summed E-state index contributed by atoms with van der Waals surface area (Å²) in [6.07, 6.45) is 0. The fraction of sp³-hybridized carbons (Fsp3) is 1.00. The third kappa shape index (κ3) is 2.05. The minimum absolute atomic E-state index is 0.354. The molecule has 0 unspecified atom stereocenters. The molecule has 2 heteroatoms. The van der Waals surface area contributed by atoms with Crippen molar-refractivity contribution in [1.82, 2.24) is 4.90 Å². The van der Waals surface area contributed by atoms with E-state index in [0.29, 0.717) is 17.3 Å². The van der Waals surface area contributed by atoms with Crippen LogP contribution in [-0.4, -0.2) is 31.8 Å². The first-order chi connectivity index (χ1) is 5.99. The van der Waals surface area contributed by atoms with Gasteiger partial charge in [-0.1, -0.05) is 27.7 Å². The van der Waals surface area contributed by atoms with Crippen LogP contribution in [0.25, 0.3) is 0 Å². The van der Waals surface area contributed by atoms with Gasteiger partial charge in [-0.15, -0.1) is 0 Å². The lowest BCUT2D eigenvalue weighted by molar-refractivity contribution is -0.120. The maximum atomic E-state index is 5.65. The second-order valence-electron chi connectivity index (χ2n) is 5.03. The van der Waals surface area contributed by atoms with Gasteiger partial charge in [-0.2, -0.15) is 0 Å². The molecule has 0 spiro atoms. The first-order valence-corrected chi connectivity index (χ1v) is 5.25. The normalized spacial score (nSPS) is 24.2. The van der Waals surface area contributed by atoms with Gasteiger partial charge >= 0.3 is 0 Å². The molecule has 0 aromatic carbocycles. The highest BCUT2D eigenvalue weighted by atomic mass is 16.5.